The van der Waals surface area contributed by atoms with Crippen molar-refractivity contribution in [2.75, 3.05) is 13.1 Å². The minimum atomic E-state index is -0.602. The summed E-state index contributed by atoms with van der Waals surface area (Å²) in [5, 5.41) is 3.13. The van der Waals surface area contributed by atoms with E-state index in [1.807, 2.05) is 81.4 Å². The normalized spacial score (nSPS) is 17.7. The van der Waals surface area contributed by atoms with E-state index in [9.17, 15) is 9.59 Å². The summed E-state index contributed by atoms with van der Waals surface area (Å²) >= 11 is 0. The Balaban J connectivity index is 1.43. The van der Waals surface area contributed by atoms with E-state index in [1.54, 1.807) is 29.2 Å². The zero-order valence-electron chi connectivity index (χ0n) is 23.0. The lowest BCUT2D eigenvalue weighted by molar-refractivity contribution is 0.00421. The molecule has 7 nitrogen and oxygen atoms in total. The van der Waals surface area contributed by atoms with E-state index in [2.05, 4.69) is 5.32 Å². The first-order valence-corrected chi connectivity index (χ1v) is 13.5. The van der Waals surface area contributed by atoms with Crippen molar-refractivity contribution in [2.45, 2.75) is 64.6 Å². The predicted molar refractivity (Wildman–Crippen MR) is 151 cm³/mol. The quantitative estimate of drug-likeness (QED) is 0.388. The molecule has 1 aliphatic rings. The standard InChI is InChI=1S/C32H38N2O5/c1-32(2,3)39-31(36)34-20-10-15-29(38-23-25-13-8-5-9-14-25)28(21-34)33-30(35)26-16-18-27(19-17-26)37-22-24-11-6-4-7-12-24/h4-9,11-14,16-19,28-29H,10,15,20-23H2,1-3H3,(H,33,35)/t28-,29-/m1/s1. The van der Waals surface area contributed by atoms with Crippen LogP contribution in [0.1, 0.15) is 55.1 Å². The summed E-state index contributed by atoms with van der Waals surface area (Å²) in [7, 11) is 0. The molecule has 4 rings (SSSR count). The van der Waals surface area contributed by atoms with Crippen molar-refractivity contribution in [3.63, 3.8) is 0 Å². The molecule has 206 valence electrons. The van der Waals surface area contributed by atoms with Crippen LogP contribution in [0.15, 0.2) is 84.9 Å². The van der Waals surface area contributed by atoms with E-state index in [0.29, 0.717) is 44.0 Å². The van der Waals surface area contributed by atoms with Gasteiger partial charge >= 0.3 is 6.09 Å². The van der Waals surface area contributed by atoms with Gasteiger partial charge in [-0.15, -0.1) is 0 Å². The number of amides is 2. The molecule has 0 bridgehead atoms. The monoisotopic (exact) mass is 530 g/mol. The van der Waals surface area contributed by atoms with E-state index in [-0.39, 0.29) is 18.1 Å². The van der Waals surface area contributed by atoms with Crippen molar-refractivity contribution < 1.29 is 23.8 Å². The number of ether oxygens (including phenoxy) is 3. The largest absolute Gasteiger partial charge is 0.489 e. The molecule has 1 saturated heterocycles. The van der Waals surface area contributed by atoms with Gasteiger partial charge in [0.15, 0.2) is 0 Å². The second-order valence-electron chi connectivity index (χ2n) is 10.8. The Morgan fingerprint density at radius 3 is 2.10 bits per heavy atom. The summed E-state index contributed by atoms with van der Waals surface area (Å²) in [5.74, 6) is 0.457. The molecule has 3 aromatic carbocycles. The summed E-state index contributed by atoms with van der Waals surface area (Å²) in [5.41, 5.74) is 2.04. The number of hydrogen-bond donors (Lipinski definition) is 1. The van der Waals surface area contributed by atoms with Crippen LogP contribution in [0.3, 0.4) is 0 Å². The highest BCUT2D eigenvalue weighted by molar-refractivity contribution is 5.94. The Morgan fingerprint density at radius 1 is 0.872 bits per heavy atom. The highest BCUT2D eigenvalue weighted by Gasteiger charge is 2.33. The molecule has 0 unspecified atom stereocenters. The zero-order chi connectivity index (χ0) is 27.7. The van der Waals surface area contributed by atoms with Gasteiger partial charge in [0.2, 0.25) is 0 Å². The molecular weight excluding hydrogens is 492 g/mol. The summed E-state index contributed by atoms with van der Waals surface area (Å²) in [4.78, 5) is 27.9. The number of benzene rings is 3. The molecule has 0 aliphatic carbocycles. The number of likely N-dealkylation sites (tertiary alicyclic amines) is 1. The van der Waals surface area contributed by atoms with Gasteiger partial charge in [-0.05, 0) is 69.0 Å². The highest BCUT2D eigenvalue weighted by atomic mass is 16.6. The van der Waals surface area contributed by atoms with Gasteiger partial charge in [0.1, 0.15) is 18.0 Å². The summed E-state index contributed by atoms with van der Waals surface area (Å²) in [6, 6.07) is 26.5. The van der Waals surface area contributed by atoms with Gasteiger partial charge in [0, 0.05) is 18.7 Å². The predicted octanol–water partition coefficient (Wildman–Crippen LogP) is 5.98. The SMILES string of the molecule is CC(C)(C)OC(=O)N1CCC[C@@H](OCc2ccccc2)[C@H](NC(=O)c2ccc(OCc3ccccc3)cc2)C1. The molecule has 39 heavy (non-hydrogen) atoms. The third-order valence-electron chi connectivity index (χ3n) is 6.42. The minimum Gasteiger partial charge on any atom is -0.489 e. The van der Waals surface area contributed by atoms with Crippen molar-refractivity contribution in [1.82, 2.24) is 10.2 Å². The molecule has 0 saturated carbocycles. The molecule has 1 aliphatic heterocycles. The molecule has 7 heteroatoms. The number of nitrogens with zero attached hydrogens (tertiary/aromatic N) is 1. The van der Waals surface area contributed by atoms with Gasteiger partial charge in [-0.2, -0.15) is 0 Å². The highest BCUT2D eigenvalue weighted by Crippen LogP contribution is 2.21. The molecule has 0 radical (unpaired) electrons. The first kappa shape index (κ1) is 28.2. The molecule has 1 heterocycles. The van der Waals surface area contributed by atoms with Crippen LogP contribution in [0.2, 0.25) is 0 Å². The van der Waals surface area contributed by atoms with Crippen LogP contribution in [0.25, 0.3) is 0 Å². The lowest BCUT2D eigenvalue weighted by atomic mass is 10.1. The lowest BCUT2D eigenvalue weighted by Gasteiger charge is -2.31. The minimum absolute atomic E-state index is 0.228. The molecule has 3 aromatic rings. The van der Waals surface area contributed by atoms with Crippen LogP contribution in [0.4, 0.5) is 4.79 Å². The molecule has 0 spiro atoms. The van der Waals surface area contributed by atoms with Crippen LogP contribution in [-0.2, 0) is 22.7 Å². The second kappa shape index (κ2) is 13.3. The van der Waals surface area contributed by atoms with E-state index in [4.69, 9.17) is 14.2 Å². The summed E-state index contributed by atoms with van der Waals surface area (Å²) in [6.07, 6.45) is 0.822. The van der Waals surface area contributed by atoms with Crippen LogP contribution in [0.5, 0.6) is 5.75 Å². The van der Waals surface area contributed by atoms with Gasteiger partial charge in [0.05, 0.1) is 18.8 Å². The van der Waals surface area contributed by atoms with Crippen LogP contribution in [0, 0.1) is 0 Å². The van der Waals surface area contributed by atoms with Gasteiger partial charge in [-0.25, -0.2) is 4.79 Å². The fraction of sp³-hybridized carbons (Fsp3) is 0.375. The molecule has 1 N–H and O–H groups in total. The maximum absolute atomic E-state index is 13.3. The molecule has 2 atom stereocenters. The number of carbonyl (C=O) groups excluding carboxylic acids is 2. The summed E-state index contributed by atoms with van der Waals surface area (Å²) < 4.78 is 17.8. The molecule has 0 aromatic heterocycles. The molecule has 1 fully saturated rings. The van der Waals surface area contributed by atoms with Crippen LogP contribution in [-0.4, -0.2) is 47.7 Å². The average Bonchev–Trinajstić information content (AvgIpc) is 3.13. The average molecular weight is 531 g/mol. The Hall–Kier alpha value is -3.84. The maximum atomic E-state index is 13.3. The third-order valence-corrected chi connectivity index (χ3v) is 6.42. The maximum Gasteiger partial charge on any atom is 0.410 e. The Morgan fingerprint density at radius 2 is 1.49 bits per heavy atom. The Bertz CT molecular complexity index is 1190. The second-order valence-corrected chi connectivity index (χ2v) is 10.8. The number of nitrogens with one attached hydrogen (secondary N) is 1. The zero-order valence-corrected chi connectivity index (χ0v) is 23.0. The van der Waals surface area contributed by atoms with E-state index in [0.717, 1.165) is 17.5 Å². The van der Waals surface area contributed by atoms with Gasteiger partial charge in [-0.3, -0.25) is 4.79 Å². The fourth-order valence-corrected chi connectivity index (χ4v) is 4.43. The number of carbonyl (C=O) groups is 2. The van der Waals surface area contributed by atoms with E-state index >= 15 is 0 Å². The van der Waals surface area contributed by atoms with Crippen LogP contribution >= 0.6 is 0 Å². The van der Waals surface area contributed by atoms with Crippen molar-refractivity contribution in [3.05, 3.63) is 102 Å². The first-order valence-electron chi connectivity index (χ1n) is 13.5. The molecular formula is C32H38N2O5. The van der Waals surface area contributed by atoms with E-state index in [1.165, 1.54) is 0 Å². The number of hydrogen-bond acceptors (Lipinski definition) is 5. The first-order chi connectivity index (χ1) is 18.8. The molecule has 2 amide bonds. The lowest BCUT2D eigenvalue weighted by Crippen LogP contribution is -2.51. The van der Waals surface area contributed by atoms with Crippen molar-refractivity contribution >= 4 is 12.0 Å². The van der Waals surface area contributed by atoms with Gasteiger partial charge in [0.25, 0.3) is 5.91 Å². The smallest absolute Gasteiger partial charge is 0.410 e. The summed E-state index contributed by atoms with van der Waals surface area (Å²) in [6.45, 7) is 7.27. The number of rotatable bonds is 8. The third kappa shape index (κ3) is 8.86. The fourth-order valence-electron chi connectivity index (χ4n) is 4.43. The topological polar surface area (TPSA) is 77.1 Å². The van der Waals surface area contributed by atoms with Gasteiger partial charge < -0.3 is 24.4 Å². The van der Waals surface area contributed by atoms with Crippen molar-refractivity contribution in [3.8, 4) is 5.75 Å². The van der Waals surface area contributed by atoms with Crippen molar-refractivity contribution in [1.29, 1.82) is 0 Å². The van der Waals surface area contributed by atoms with Crippen LogP contribution < -0.4 is 10.1 Å². The Kier molecular flexibility index (Phi) is 9.60. The Labute approximate surface area is 231 Å². The van der Waals surface area contributed by atoms with E-state index < -0.39 is 11.6 Å². The van der Waals surface area contributed by atoms with Crippen molar-refractivity contribution in [2.24, 2.45) is 0 Å². The van der Waals surface area contributed by atoms with Gasteiger partial charge in [-0.1, -0.05) is 60.7 Å².